The first-order chi connectivity index (χ1) is 13.1. The number of fused-ring (bicyclic) bond motifs is 1. The first-order valence-corrected chi connectivity index (χ1v) is 9.98. The van der Waals surface area contributed by atoms with Crippen molar-refractivity contribution in [2.24, 2.45) is 0 Å². The van der Waals surface area contributed by atoms with Gasteiger partial charge < -0.3 is 4.90 Å². The van der Waals surface area contributed by atoms with Gasteiger partial charge in [0, 0.05) is 18.0 Å². The molecular weight excluding hydrogens is 382 g/mol. The fourth-order valence-electron chi connectivity index (χ4n) is 3.12. The number of aromatic nitrogens is 1. The molecular formula is C20H18ClN3O2S. The lowest BCUT2D eigenvalue weighted by Crippen LogP contribution is -2.43. The lowest BCUT2D eigenvalue weighted by atomic mass is 10.1. The molecule has 1 aliphatic rings. The van der Waals surface area contributed by atoms with E-state index in [1.165, 1.54) is 11.3 Å². The van der Waals surface area contributed by atoms with Gasteiger partial charge >= 0.3 is 0 Å². The van der Waals surface area contributed by atoms with E-state index in [4.69, 9.17) is 11.6 Å². The lowest BCUT2D eigenvalue weighted by Gasteiger charge is -2.26. The molecule has 3 aromatic rings. The molecule has 7 heteroatoms. The molecule has 0 saturated carbocycles. The number of anilines is 1. The molecule has 0 spiro atoms. The van der Waals surface area contributed by atoms with Gasteiger partial charge in [-0.25, -0.2) is 4.98 Å². The van der Waals surface area contributed by atoms with Gasteiger partial charge in [0.2, 0.25) is 11.8 Å². The largest absolute Gasteiger partial charge is 0.324 e. The van der Waals surface area contributed by atoms with Gasteiger partial charge in [0.25, 0.3) is 0 Å². The van der Waals surface area contributed by atoms with Crippen LogP contribution in [0.25, 0.3) is 10.2 Å². The summed E-state index contributed by atoms with van der Waals surface area (Å²) in [4.78, 5) is 33.2. The van der Waals surface area contributed by atoms with Crippen molar-refractivity contribution in [2.75, 3.05) is 18.1 Å². The summed E-state index contributed by atoms with van der Waals surface area (Å²) in [7, 11) is 0. The number of amides is 2. The third-order valence-electron chi connectivity index (χ3n) is 4.57. The zero-order chi connectivity index (χ0) is 18.8. The Morgan fingerprint density at radius 1 is 1.19 bits per heavy atom. The van der Waals surface area contributed by atoms with Crippen molar-refractivity contribution >= 4 is 50.1 Å². The molecule has 2 amide bonds. The maximum absolute atomic E-state index is 13.1. The number of hydrogen-bond acceptors (Lipinski definition) is 4. The van der Waals surface area contributed by atoms with E-state index in [2.05, 4.69) is 4.98 Å². The van der Waals surface area contributed by atoms with Crippen LogP contribution in [-0.2, 0) is 16.0 Å². The number of thiazole rings is 1. The van der Waals surface area contributed by atoms with Gasteiger partial charge in [0.15, 0.2) is 5.13 Å². The average Bonchev–Trinajstić information content (AvgIpc) is 3.27. The highest BCUT2D eigenvalue weighted by Crippen LogP contribution is 2.29. The van der Waals surface area contributed by atoms with Crippen molar-refractivity contribution in [1.82, 2.24) is 9.88 Å². The Kier molecular flexibility index (Phi) is 5.09. The van der Waals surface area contributed by atoms with Crippen LogP contribution >= 0.6 is 22.9 Å². The number of carbonyl (C=O) groups excluding carboxylic acids is 2. The van der Waals surface area contributed by atoms with E-state index in [-0.39, 0.29) is 24.9 Å². The Morgan fingerprint density at radius 3 is 2.67 bits per heavy atom. The molecule has 2 heterocycles. The molecule has 138 valence electrons. The van der Waals surface area contributed by atoms with E-state index >= 15 is 0 Å². The second kappa shape index (κ2) is 7.66. The van der Waals surface area contributed by atoms with E-state index in [1.807, 2.05) is 36.4 Å². The first kappa shape index (κ1) is 17.9. The molecule has 5 nitrogen and oxygen atoms in total. The summed E-state index contributed by atoms with van der Waals surface area (Å²) in [6.45, 7) is 0.916. The molecule has 0 unspecified atom stereocenters. The number of para-hydroxylation sites is 1. The van der Waals surface area contributed by atoms with Crippen LogP contribution in [0.2, 0.25) is 5.02 Å². The maximum Gasteiger partial charge on any atom is 0.234 e. The van der Waals surface area contributed by atoms with Crippen molar-refractivity contribution in [3.8, 4) is 0 Å². The van der Waals surface area contributed by atoms with Crippen molar-refractivity contribution < 1.29 is 9.59 Å². The molecule has 0 atom stereocenters. The van der Waals surface area contributed by atoms with Gasteiger partial charge in [-0.1, -0.05) is 47.2 Å². The van der Waals surface area contributed by atoms with Crippen molar-refractivity contribution in [2.45, 2.75) is 19.3 Å². The van der Waals surface area contributed by atoms with Gasteiger partial charge in [0.05, 0.1) is 16.6 Å². The Bertz CT molecular complexity index is 953. The highest BCUT2D eigenvalue weighted by atomic mass is 35.5. The van der Waals surface area contributed by atoms with Crippen LogP contribution in [-0.4, -0.2) is 34.9 Å². The van der Waals surface area contributed by atoms with Crippen molar-refractivity contribution in [3.05, 3.63) is 59.1 Å². The maximum atomic E-state index is 13.1. The molecule has 0 aliphatic carbocycles. The Balaban J connectivity index is 1.63. The lowest BCUT2D eigenvalue weighted by molar-refractivity contribution is -0.128. The molecule has 1 saturated heterocycles. The van der Waals surface area contributed by atoms with E-state index in [9.17, 15) is 9.59 Å². The Hall–Kier alpha value is -2.44. The molecule has 27 heavy (non-hydrogen) atoms. The van der Waals surface area contributed by atoms with Crippen LogP contribution in [0.5, 0.6) is 0 Å². The van der Waals surface area contributed by atoms with Crippen molar-refractivity contribution in [3.63, 3.8) is 0 Å². The molecule has 2 aromatic carbocycles. The topological polar surface area (TPSA) is 53.5 Å². The fourth-order valence-corrected chi connectivity index (χ4v) is 4.22. The third kappa shape index (κ3) is 3.96. The summed E-state index contributed by atoms with van der Waals surface area (Å²) in [5.41, 5.74) is 1.73. The predicted molar refractivity (Wildman–Crippen MR) is 108 cm³/mol. The fraction of sp³-hybridized carbons (Fsp3) is 0.250. The van der Waals surface area contributed by atoms with Crippen LogP contribution in [0.3, 0.4) is 0 Å². The second-order valence-corrected chi connectivity index (χ2v) is 7.94. The summed E-state index contributed by atoms with van der Waals surface area (Å²) in [6.07, 6.45) is 1.60. The van der Waals surface area contributed by atoms with E-state index < -0.39 is 0 Å². The number of likely N-dealkylation sites (tertiary alicyclic amines) is 1. The van der Waals surface area contributed by atoms with Crippen LogP contribution in [0.1, 0.15) is 18.4 Å². The normalized spacial score (nSPS) is 14.1. The summed E-state index contributed by atoms with van der Waals surface area (Å²) >= 11 is 7.40. The Labute approximate surface area is 166 Å². The molecule has 0 bridgehead atoms. The molecule has 1 aliphatic heterocycles. The quantitative estimate of drug-likeness (QED) is 0.648. The van der Waals surface area contributed by atoms with Crippen LogP contribution in [0, 0.1) is 0 Å². The summed E-state index contributed by atoms with van der Waals surface area (Å²) < 4.78 is 1.02. The third-order valence-corrected chi connectivity index (χ3v) is 5.88. The summed E-state index contributed by atoms with van der Waals surface area (Å²) in [5.74, 6) is -0.00326. The molecule has 4 rings (SSSR count). The minimum Gasteiger partial charge on any atom is -0.324 e. The first-order valence-electron chi connectivity index (χ1n) is 8.78. The van der Waals surface area contributed by atoms with E-state index in [0.717, 1.165) is 22.2 Å². The van der Waals surface area contributed by atoms with Crippen LogP contribution < -0.4 is 4.90 Å². The molecule has 1 aromatic heterocycles. The van der Waals surface area contributed by atoms with E-state index in [1.54, 1.807) is 21.9 Å². The minimum atomic E-state index is -0.0870. The second-order valence-electron chi connectivity index (χ2n) is 6.49. The Morgan fingerprint density at radius 2 is 1.96 bits per heavy atom. The zero-order valence-electron chi connectivity index (χ0n) is 14.6. The number of halogens is 1. The summed E-state index contributed by atoms with van der Waals surface area (Å²) in [6, 6.07) is 15.0. The van der Waals surface area contributed by atoms with Crippen LogP contribution in [0.4, 0.5) is 5.13 Å². The molecule has 0 radical (unpaired) electrons. The average molecular weight is 400 g/mol. The molecule has 1 fully saturated rings. The van der Waals surface area contributed by atoms with Gasteiger partial charge in [0.1, 0.15) is 6.67 Å². The standard InChI is InChI=1S/C20H18ClN3O2S/c21-15-9-7-14(8-10-15)12-19(26)24(13-23-11-3-6-18(23)25)20-22-16-4-1-2-5-17(16)27-20/h1-2,4-5,7-10H,3,6,11-13H2. The van der Waals surface area contributed by atoms with Gasteiger partial charge in [-0.3, -0.25) is 14.5 Å². The number of hydrogen-bond donors (Lipinski definition) is 0. The molecule has 0 N–H and O–H groups in total. The van der Waals surface area contributed by atoms with E-state index in [0.29, 0.717) is 23.1 Å². The monoisotopic (exact) mass is 399 g/mol. The highest BCUT2D eigenvalue weighted by molar-refractivity contribution is 7.22. The van der Waals surface area contributed by atoms with Gasteiger partial charge in [-0.2, -0.15) is 0 Å². The van der Waals surface area contributed by atoms with Crippen molar-refractivity contribution in [1.29, 1.82) is 0 Å². The number of carbonyl (C=O) groups is 2. The summed E-state index contributed by atoms with van der Waals surface area (Å²) in [5, 5.41) is 1.26. The van der Waals surface area contributed by atoms with Crippen LogP contribution in [0.15, 0.2) is 48.5 Å². The van der Waals surface area contributed by atoms with Gasteiger partial charge in [-0.05, 0) is 36.2 Å². The smallest absolute Gasteiger partial charge is 0.234 e. The zero-order valence-corrected chi connectivity index (χ0v) is 16.2. The number of nitrogens with zero attached hydrogens (tertiary/aromatic N) is 3. The number of benzene rings is 2. The van der Waals surface area contributed by atoms with Gasteiger partial charge in [-0.15, -0.1) is 0 Å². The predicted octanol–water partition coefficient (Wildman–Crippen LogP) is 4.11. The minimum absolute atomic E-state index is 0.0837. The number of rotatable bonds is 5. The highest BCUT2D eigenvalue weighted by Gasteiger charge is 2.27. The SMILES string of the molecule is O=C1CCCN1CN(C(=O)Cc1ccc(Cl)cc1)c1nc2ccccc2s1.